The molecule has 0 spiro atoms. The number of halogens is 1. The highest BCUT2D eigenvalue weighted by Gasteiger charge is 2.24. The van der Waals surface area contributed by atoms with Crippen LogP contribution in [0.3, 0.4) is 0 Å². The maximum absolute atomic E-state index is 13.5. The molecule has 0 bridgehead atoms. The first-order valence-corrected chi connectivity index (χ1v) is 5.67. The van der Waals surface area contributed by atoms with Crippen molar-refractivity contribution < 1.29 is 23.8 Å². The number of ether oxygens (including phenoxy) is 1. The van der Waals surface area contributed by atoms with Crippen LogP contribution in [0, 0.1) is 11.7 Å². The van der Waals surface area contributed by atoms with E-state index in [4.69, 9.17) is 9.84 Å². The van der Waals surface area contributed by atoms with E-state index >= 15 is 0 Å². The van der Waals surface area contributed by atoms with Gasteiger partial charge in [-0.2, -0.15) is 0 Å². The second-order valence-corrected chi connectivity index (χ2v) is 4.22. The molecule has 1 amide bonds. The monoisotopic (exact) mass is 269 g/mol. The first-order valence-electron chi connectivity index (χ1n) is 5.67. The fourth-order valence-corrected chi connectivity index (χ4v) is 1.60. The zero-order chi connectivity index (χ0) is 14.6. The molecule has 0 aliphatic heterocycles. The summed E-state index contributed by atoms with van der Waals surface area (Å²) in [6, 6.07) is 4.34. The van der Waals surface area contributed by atoms with E-state index in [2.05, 4.69) is 0 Å². The van der Waals surface area contributed by atoms with Gasteiger partial charge in [-0.1, -0.05) is 6.07 Å². The van der Waals surface area contributed by atoms with Gasteiger partial charge < -0.3 is 14.7 Å². The van der Waals surface area contributed by atoms with Crippen molar-refractivity contribution in [3.05, 3.63) is 29.6 Å². The highest BCUT2D eigenvalue weighted by atomic mass is 19.1. The Morgan fingerprint density at radius 2 is 2.11 bits per heavy atom. The summed E-state index contributed by atoms with van der Waals surface area (Å²) in [4.78, 5) is 23.7. The van der Waals surface area contributed by atoms with E-state index in [9.17, 15) is 14.0 Å². The Kier molecular flexibility index (Phi) is 4.86. The molecule has 5 nitrogen and oxygen atoms in total. The van der Waals surface area contributed by atoms with Gasteiger partial charge in [0.05, 0.1) is 7.11 Å². The SMILES string of the molecule is COc1ccc(CN(C)C(=O)C(C)C(=O)O)cc1F. The predicted octanol–water partition coefficient (Wildman–Crippen LogP) is 1.51. The molecule has 1 unspecified atom stereocenters. The molecule has 0 heterocycles. The number of nitrogens with zero attached hydrogens (tertiary/aromatic N) is 1. The zero-order valence-corrected chi connectivity index (χ0v) is 11.0. The fraction of sp³-hybridized carbons (Fsp3) is 0.385. The number of carbonyl (C=O) groups excluding carboxylic acids is 1. The molecule has 0 fully saturated rings. The molecular weight excluding hydrogens is 253 g/mol. The first kappa shape index (κ1) is 14.9. The Morgan fingerprint density at radius 3 is 2.58 bits per heavy atom. The number of carboxylic acid groups (broad SMARTS) is 1. The molecule has 6 heteroatoms. The fourth-order valence-electron chi connectivity index (χ4n) is 1.60. The van der Waals surface area contributed by atoms with Gasteiger partial charge in [0.15, 0.2) is 11.6 Å². The van der Waals surface area contributed by atoms with E-state index in [0.29, 0.717) is 5.56 Å². The van der Waals surface area contributed by atoms with Gasteiger partial charge in [-0.3, -0.25) is 9.59 Å². The van der Waals surface area contributed by atoms with Crippen molar-refractivity contribution in [3.8, 4) is 5.75 Å². The van der Waals surface area contributed by atoms with Crippen molar-refractivity contribution in [1.29, 1.82) is 0 Å². The number of rotatable bonds is 5. The lowest BCUT2D eigenvalue weighted by Gasteiger charge is -2.19. The van der Waals surface area contributed by atoms with Gasteiger partial charge in [-0.05, 0) is 24.6 Å². The number of aliphatic carboxylic acids is 1. The van der Waals surface area contributed by atoms with Crippen molar-refractivity contribution in [3.63, 3.8) is 0 Å². The summed E-state index contributed by atoms with van der Waals surface area (Å²) in [5, 5.41) is 8.76. The van der Waals surface area contributed by atoms with Gasteiger partial charge in [0.2, 0.25) is 5.91 Å². The summed E-state index contributed by atoms with van der Waals surface area (Å²) in [5.41, 5.74) is 0.562. The van der Waals surface area contributed by atoms with Gasteiger partial charge >= 0.3 is 5.97 Å². The molecule has 1 N–H and O–H groups in total. The summed E-state index contributed by atoms with van der Waals surface area (Å²) in [6.07, 6.45) is 0. The molecule has 0 saturated carbocycles. The lowest BCUT2D eigenvalue weighted by atomic mass is 10.1. The lowest BCUT2D eigenvalue weighted by molar-refractivity contribution is -0.149. The summed E-state index contributed by atoms with van der Waals surface area (Å²) in [6.45, 7) is 1.45. The van der Waals surface area contributed by atoms with Gasteiger partial charge in [0.1, 0.15) is 5.92 Å². The topological polar surface area (TPSA) is 66.8 Å². The summed E-state index contributed by atoms with van der Waals surface area (Å²) < 4.78 is 18.3. The van der Waals surface area contributed by atoms with Crippen LogP contribution in [-0.2, 0) is 16.1 Å². The third-order valence-electron chi connectivity index (χ3n) is 2.75. The molecule has 19 heavy (non-hydrogen) atoms. The van der Waals surface area contributed by atoms with Crippen LogP contribution < -0.4 is 4.74 Å². The summed E-state index contributed by atoms with van der Waals surface area (Å²) >= 11 is 0. The third-order valence-corrected chi connectivity index (χ3v) is 2.75. The quantitative estimate of drug-likeness (QED) is 0.823. The van der Waals surface area contributed by atoms with Crippen LogP contribution in [-0.4, -0.2) is 36.0 Å². The second kappa shape index (κ2) is 6.17. The number of methoxy groups -OCH3 is 1. The maximum atomic E-state index is 13.5. The standard InChI is InChI=1S/C13H16FNO4/c1-8(13(17)18)12(16)15(2)7-9-4-5-11(19-3)10(14)6-9/h4-6,8H,7H2,1-3H3,(H,17,18). The van der Waals surface area contributed by atoms with E-state index in [-0.39, 0.29) is 12.3 Å². The average molecular weight is 269 g/mol. The van der Waals surface area contributed by atoms with Gasteiger partial charge in [0, 0.05) is 13.6 Å². The molecule has 0 aliphatic carbocycles. The number of amides is 1. The zero-order valence-electron chi connectivity index (χ0n) is 11.0. The molecule has 104 valence electrons. The molecule has 0 aliphatic rings. The summed E-state index contributed by atoms with van der Waals surface area (Å²) in [5.74, 6) is -3.22. The number of hydrogen-bond donors (Lipinski definition) is 1. The minimum atomic E-state index is -1.18. The second-order valence-electron chi connectivity index (χ2n) is 4.22. The van der Waals surface area contributed by atoms with Crippen LogP contribution in [0.4, 0.5) is 4.39 Å². The minimum Gasteiger partial charge on any atom is -0.494 e. The minimum absolute atomic E-state index is 0.122. The number of carbonyl (C=O) groups is 2. The first-order chi connectivity index (χ1) is 8.86. The molecule has 0 saturated heterocycles. The van der Waals surface area contributed by atoms with Crippen LogP contribution in [0.1, 0.15) is 12.5 Å². The predicted molar refractivity (Wildman–Crippen MR) is 66.2 cm³/mol. The van der Waals surface area contributed by atoms with Crippen molar-refractivity contribution in [1.82, 2.24) is 4.90 Å². The van der Waals surface area contributed by atoms with Crippen molar-refractivity contribution >= 4 is 11.9 Å². The number of hydrogen-bond acceptors (Lipinski definition) is 3. The largest absolute Gasteiger partial charge is 0.494 e. The van der Waals surface area contributed by atoms with Crippen LogP contribution in [0.5, 0.6) is 5.75 Å². The van der Waals surface area contributed by atoms with E-state index in [0.717, 1.165) is 0 Å². The van der Waals surface area contributed by atoms with Gasteiger partial charge in [-0.25, -0.2) is 4.39 Å². The molecule has 1 rings (SSSR count). The molecule has 1 atom stereocenters. The lowest BCUT2D eigenvalue weighted by Crippen LogP contribution is -2.34. The van der Waals surface area contributed by atoms with E-state index in [1.165, 1.54) is 38.1 Å². The Morgan fingerprint density at radius 1 is 1.47 bits per heavy atom. The Balaban J connectivity index is 2.77. The number of benzene rings is 1. The van der Waals surface area contributed by atoms with Gasteiger partial charge in [-0.15, -0.1) is 0 Å². The van der Waals surface area contributed by atoms with Crippen molar-refractivity contribution in [2.75, 3.05) is 14.2 Å². The van der Waals surface area contributed by atoms with Crippen molar-refractivity contribution in [2.24, 2.45) is 5.92 Å². The van der Waals surface area contributed by atoms with Gasteiger partial charge in [0.25, 0.3) is 0 Å². The van der Waals surface area contributed by atoms with Crippen molar-refractivity contribution in [2.45, 2.75) is 13.5 Å². The molecule has 0 aromatic heterocycles. The number of carboxylic acids is 1. The normalized spacial score (nSPS) is 11.8. The smallest absolute Gasteiger partial charge is 0.315 e. The Labute approximate surface area is 110 Å². The van der Waals surface area contributed by atoms with E-state index in [1.807, 2.05) is 0 Å². The maximum Gasteiger partial charge on any atom is 0.315 e. The average Bonchev–Trinajstić information content (AvgIpc) is 2.37. The molecular formula is C13H16FNO4. The Hall–Kier alpha value is -2.11. The van der Waals surface area contributed by atoms with E-state index < -0.39 is 23.6 Å². The Bertz CT molecular complexity index is 490. The van der Waals surface area contributed by atoms with Crippen LogP contribution in [0.15, 0.2) is 18.2 Å². The highest BCUT2D eigenvalue weighted by molar-refractivity contribution is 5.96. The summed E-state index contributed by atoms with van der Waals surface area (Å²) in [7, 11) is 2.84. The third kappa shape index (κ3) is 3.67. The van der Waals surface area contributed by atoms with Crippen LogP contribution in [0.2, 0.25) is 0 Å². The molecule has 1 aromatic carbocycles. The van der Waals surface area contributed by atoms with Crippen LogP contribution in [0.25, 0.3) is 0 Å². The van der Waals surface area contributed by atoms with E-state index in [1.54, 1.807) is 6.07 Å². The molecule has 1 aromatic rings. The molecule has 0 radical (unpaired) electrons. The van der Waals surface area contributed by atoms with Crippen LogP contribution >= 0.6 is 0 Å². The highest BCUT2D eigenvalue weighted by Crippen LogP contribution is 2.18.